The Balaban J connectivity index is 2.51. The molecule has 0 radical (unpaired) electrons. The zero-order valence-corrected chi connectivity index (χ0v) is 14.2. The number of sulfonamides is 1. The maximum atomic E-state index is 12.7. The summed E-state index contributed by atoms with van der Waals surface area (Å²) in [6.07, 6.45) is 0. The van der Waals surface area contributed by atoms with Gasteiger partial charge in [0.05, 0.1) is 15.5 Å². The van der Waals surface area contributed by atoms with Gasteiger partial charge in [-0.15, -0.1) is 0 Å². The van der Waals surface area contributed by atoms with Crippen LogP contribution in [0.4, 0.5) is 11.4 Å². The third-order valence-electron chi connectivity index (χ3n) is 3.89. The van der Waals surface area contributed by atoms with Crippen LogP contribution < -0.4 is 4.31 Å². The molecule has 0 spiro atoms. The first-order chi connectivity index (χ1) is 10.6. The maximum Gasteiger partial charge on any atom is 0.273 e. The lowest BCUT2D eigenvalue weighted by atomic mass is 10.1. The molecular formula is C16H18N2O4S. The van der Waals surface area contributed by atoms with Gasteiger partial charge in [-0.1, -0.05) is 12.1 Å². The molecule has 0 aliphatic rings. The maximum absolute atomic E-state index is 12.7. The minimum Gasteiger partial charge on any atom is -0.269 e. The van der Waals surface area contributed by atoms with E-state index >= 15 is 0 Å². The third-order valence-corrected chi connectivity index (χ3v) is 5.67. The summed E-state index contributed by atoms with van der Waals surface area (Å²) in [4.78, 5) is 10.3. The summed E-state index contributed by atoms with van der Waals surface area (Å²) in [5.74, 6) is 0. The summed E-state index contributed by atoms with van der Waals surface area (Å²) < 4.78 is 26.6. The average Bonchev–Trinajstić information content (AvgIpc) is 2.49. The minimum absolute atomic E-state index is 0.101. The smallest absolute Gasteiger partial charge is 0.269 e. The lowest BCUT2D eigenvalue weighted by Crippen LogP contribution is -2.26. The molecule has 0 saturated carbocycles. The summed E-state index contributed by atoms with van der Waals surface area (Å²) in [6.45, 7) is 5.41. The fourth-order valence-corrected chi connectivity index (χ4v) is 3.37. The van der Waals surface area contributed by atoms with E-state index in [-0.39, 0.29) is 10.6 Å². The molecule has 0 atom stereocenters. The van der Waals surface area contributed by atoms with Gasteiger partial charge >= 0.3 is 0 Å². The predicted octanol–water partition coefficient (Wildman–Crippen LogP) is 3.35. The summed E-state index contributed by atoms with van der Waals surface area (Å²) in [6, 6.07) is 9.25. The van der Waals surface area contributed by atoms with Crippen molar-refractivity contribution in [3.63, 3.8) is 0 Å². The Morgan fingerprint density at radius 3 is 2.13 bits per heavy atom. The zero-order valence-electron chi connectivity index (χ0n) is 13.4. The van der Waals surface area contributed by atoms with Crippen LogP contribution in [0.3, 0.4) is 0 Å². The second-order valence-electron chi connectivity index (χ2n) is 5.45. The van der Waals surface area contributed by atoms with Crippen molar-refractivity contribution in [3.05, 3.63) is 63.2 Å². The summed E-state index contributed by atoms with van der Waals surface area (Å²) in [7, 11) is -2.43. The van der Waals surface area contributed by atoms with Crippen molar-refractivity contribution in [2.24, 2.45) is 0 Å². The van der Waals surface area contributed by atoms with E-state index in [0.29, 0.717) is 11.3 Å². The molecule has 0 unspecified atom stereocenters. The highest BCUT2D eigenvalue weighted by atomic mass is 32.2. The standard InChI is InChI=1S/C16H18N2O4S/c1-11-5-7-14(9-13(11)3)17(4)23(21,22)15-8-6-12(2)16(10-15)18(19)20/h5-10H,1-4H3. The SMILES string of the molecule is Cc1ccc(N(C)S(=O)(=O)c2ccc(C)c([N+](=O)[O-])c2)cc1C. The Morgan fingerprint density at radius 1 is 0.957 bits per heavy atom. The van der Waals surface area contributed by atoms with Gasteiger partial charge in [0.2, 0.25) is 0 Å². The van der Waals surface area contributed by atoms with E-state index in [0.717, 1.165) is 21.5 Å². The summed E-state index contributed by atoms with van der Waals surface area (Å²) >= 11 is 0. The van der Waals surface area contributed by atoms with Crippen LogP contribution in [0.5, 0.6) is 0 Å². The molecule has 2 rings (SSSR count). The van der Waals surface area contributed by atoms with Crippen LogP contribution in [0.1, 0.15) is 16.7 Å². The first-order valence-electron chi connectivity index (χ1n) is 6.96. The van der Waals surface area contributed by atoms with Crippen molar-refractivity contribution in [3.8, 4) is 0 Å². The second-order valence-corrected chi connectivity index (χ2v) is 7.42. The Morgan fingerprint density at radius 2 is 1.57 bits per heavy atom. The number of anilines is 1. The highest BCUT2D eigenvalue weighted by Gasteiger charge is 2.24. The minimum atomic E-state index is -3.87. The second kappa shape index (κ2) is 6.00. The van der Waals surface area contributed by atoms with Gasteiger partial charge < -0.3 is 0 Å². The first-order valence-corrected chi connectivity index (χ1v) is 8.40. The molecule has 6 nitrogen and oxygen atoms in total. The highest BCUT2D eigenvalue weighted by molar-refractivity contribution is 7.92. The third kappa shape index (κ3) is 3.19. The lowest BCUT2D eigenvalue weighted by molar-refractivity contribution is -0.385. The van der Waals surface area contributed by atoms with Crippen LogP contribution in [0.25, 0.3) is 0 Å². The molecule has 0 bridgehead atoms. The molecule has 122 valence electrons. The molecule has 0 heterocycles. The topological polar surface area (TPSA) is 80.5 Å². The van der Waals surface area contributed by atoms with Gasteiger partial charge in [-0.25, -0.2) is 8.42 Å². The molecule has 2 aromatic carbocycles. The zero-order chi connectivity index (χ0) is 17.4. The van der Waals surface area contributed by atoms with Crippen LogP contribution in [0.15, 0.2) is 41.3 Å². The van der Waals surface area contributed by atoms with Crippen molar-refractivity contribution >= 4 is 21.4 Å². The molecule has 0 fully saturated rings. The van der Waals surface area contributed by atoms with E-state index in [4.69, 9.17) is 0 Å². The van der Waals surface area contributed by atoms with Gasteiger partial charge in [0.25, 0.3) is 15.7 Å². The number of rotatable bonds is 4. The van der Waals surface area contributed by atoms with Crippen LogP contribution in [0, 0.1) is 30.9 Å². The van der Waals surface area contributed by atoms with Crippen LogP contribution >= 0.6 is 0 Å². The van der Waals surface area contributed by atoms with Crippen LogP contribution in [0.2, 0.25) is 0 Å². The van der Waals surface area contributed by atoms with Gasteiger partial charge in [0.1, 0.15) is 0 Å². The van der Waals surface area contributed by atoms with E-state index in [1.807, 2.05) is 19.9 Å². The Hall–Kier alpha value is -2.41. The molecule has 7 heteroatoms. The van der Waals surface area contributed by atoms with Crippen molar-refractivity contribution in [1.82, 2.24) is 0 Å². The highest BCUT2D eigenvalue weighted by Crippen LogP contribution is 2.27. The Kier molecular flexibility index (Phi) is 4.42. The van der Waals surface area contributed by atoms with Gasteiger partial charge in [-0.2, -0.15) is 0 Å². The van der Waals surface area contributed by atoms with Crippen molar-refractivity contribution in [2.45, 2.75) is 25.7 Å². The van der Waals surface area contributed by atoms with Gasteiger partial charge in [0, 0.05) is 18.7 Å². The van der Waals surface area contributed by atoms with Crippen molar-refractivity contribution < 1.29 is 13.3 Å². The van der Waals surface area contributed by atoms with Gasteiger partial charge in [0.15, 0.2) is 0 Å². The monoisotopic (exact) mass is 334 g/mol. The summed E-state index contributed by atoms with van der Waals surface area (Å²) in [5, 5.41) is 11.0. The molecule has 0 aliphatic heterocycles. The molecule has 0 saturated heterocycles. The van der Waals surface area contributed by atoms with E-state index in [9.17, 15) is 18.5 Å². The van der Waals surface area contributed by atoms with Crippen molar-refractivity contribution in [2.75, 3.05) is 11.4 Å². The number of nitrogens with zero attached hydrogens (tertiary/aromatic N) is 2. The Bertz CT molecular complexity index is 876. The number of hydrogen-bond acceptors (Lipinski definition) is 4. The quantitative estimate of drug-likeness (QED) is 0.634. The number of nitro groups is 1. The molecule has 23 heavy (non-hydrogen) atoms. The van der Waals surface area contributed by atoms with E-state index < -0.39 is 14.9 Å². The van der Waals surface area contributed by atoms with E-state index in [1.165, 1.54) is 19.2 Å². The molecule has 0 aromatic heterocycles. The number of aryl methyl sites for hydroxylation is 3. The fourth-order valence-electron chi connectivity index (χ4n) is 2.16. The largest absolute Gasteiger partial charge is 0.273 e. The number of benzene rings is 2. The lowest BCUT2D eigenvalue weighted by Gasteiger charge is -2.20. The first kappa shape index (κ1) is 17.0. The molecule has 0 aliphatic carbocycles. The number of hydrogen-bond donors (Lipinski definition) is 0. The van der Waals surface area contributed by atoms with Crippen molar-refractivity contribution in [1.29, 1.82) is 0 Å². The molecule has 0 N–H and O–H groups in total. The van der Waals surface area contributed by atoms with Gasteiger partial charge in [-0.3, -0.25) is 14.4 Å². The van der Waals surface area contributed by atoms with E-state index in [2.05, 4.69) is 0 Å². The van der Waals surface area contributed by atoms with Crippen LogP contribution in [-0.4, -0.2) is 20.4 Å². The summed E-state index contributed by atoms with van der Waals surface area (Å²) in [5.41, 5.74) is 2.75. The van der Waals surface area contributed by atoms with E-state index in [1.54, 1.807) is 19.1 Å². The Labute approximate surface area is 135 Å². The fraction of sp³-hybridized carbons (Fsp3) is 0.250. The van der Waals surface area contributed by atoms with Gasteiger partial charge in [-0.05, 0) is 50.1 Å². The normalized spacial score (nSPS) is 11.3. The van der Waals surface area contributed by atoms with Crippen LogP contribution in [-0.2, 0) is 10.0 Å². The molecule has 2 aromatic rings. The number of nitro benzene ring substituents is 1. The molecular weight excluding hydrogens is 316 g/mol. The predicted molar refractivity (Wildman–Crippen MR) is 89.3 cm³/mol. The molecule has 0 amide bonds. The average molecular weight is 334 g/mol.